The summed E-state index contributed by atoms with van der Waals surface area (Å²) < 4.78 is 0. The largest absolute Gasteiger partial charge is 0.507 e. The van der Waals surface area contributed by atoms with Crippen molar-refractivity contribution in [2.45, 2.75) is 12.3 Å². The highest BCUT2D eigenvalue weighted by Crippen LogP contribution is 2.43. The summed E-state index contributed by atoms with van der Waals surface area (Å²) in [6.45, 7) is 0. The van der Waals surface area contributed by atoms with Crippen molar-refractivity contribution >= 4 is 11.6 Å². The number of hydrogen-bond acceptors (Lipinski definition) is 4. The summed E-state index contributed by atoms with van der Waals surface area (Å²) in [7, 11) is 0. The molecule has 0 saturated carbocycles. The van der Waals surface area contributed by atoms with E-state index >= 15 is 0 Å². The summed E-state index contributed by atoms with van der Waals surface area (Å²) in [5, 5.41) is 20.7. The Labute approximate surface area is 185 Å². The van der Waals surface area contributed by atoms with Crippen LogP contribution in [0.15, 0.2) is 91.0 Å². The van der Waals surface area contributed by atoms with Gasteiger partial charge < -0.3 is 10.2 Å². The van der Waals surface area contributed by atoms with Crippen LogP contribution < -0.4 is 0 Å². The number of phenols is 2. The molecular formula is C28H20O4. The van der Waals surface area contributed by atoms with Crippen molar-refractivity contribution in [3.63, 3.8) is 0 Å². The number of aromatic hydroxyl groups is 2. The highest BCUT2D eigenvalue weighted by Gasteiger charge is 2.38. The fraction of sp³-hybridized carbons (Fsp3) is 0.0714. The van der Waals surface area contributed by atoms with Crippen molar-refractivity contribution in [1.29, 1.82) is 0 Å². The molecule has 0 aromatic heterocycles. The smallest absolute Gasteiger partial charge is 0.201 e. The van der Waals surface area contributed by atoms with Crippen molar-refractivity contribution in [2.75, 3.05) is 0 Å². The average molecular weight is 420 g/mol. The lowest BCUT2D eigenvalue weighted by Gasteiger charge is -2.27. The number of carbonyl (C=O) groups is 2. The molecule has 0 radical (unpaired) electrons. The molecule has 0 spiro atoms. The van der Waals surface area contributed by atoms with E-state index in [1.807, 2.05) is 54.6 Å². The van der Waals surface area contributed by atoms with Gasteiger partial charge in [0.05, 0.1) is 17.0 Å². The van der Waals surface area contributed by atoms with Crippen molar-refractivity contribution < 1.29 is 19.8 Å². The molecule has 1 aliphatic rings. The first-order valence-electron chi connectivity index (χ1n) is 10.4. The second kappa shape index (κ2) is 7.82. The summed E-state index contributed by atoms with van der Waals surface area (Å²) in [6, 6.07) is 27.3. The van der Waals surface area contributed by atoms with E-state index < -0.39 is 11.7 Å². The van der Waals surface area contributed by atoms with Gasteiger partial charge in [0.2, 0.25) is 5.78 Å². The van der Waals surface area contributed by atoms with Crippen LogP contribution in [-0.2, 0) is 11.2 Å². The molecule has 0 saturated heterocycles. The first-order valence-corrected chi connectivity index (χ1v) is 10.4. The number of fused-ring (bicyclic) bond motifs is 2. The number of hydrogen-bond donors (Lipinski definition) is 2. The molecule has 4 aromatic rings. The molecule has 5 rings (SSSR count). The van der Waals surface area contributed by atoms with Gasteiger partial charge in [0.15, 0.2) is 0 Å². The van der Waals surface area contributed by atoms with Crippen LogP contribution in [0.25, 0.3) is 11.1 Å². The quantitative estimate of drug-likeness (QED) is 0.473. The maximum absolute atomic E-state index is 13.5. The number of Topliss-reactive ketones (excluding diaryl/α,β-unsaturated/α-hetero) is 1. The Kier molecular flexibility index (Phi) is 4.83. The molecule has 0 unspecified atom stereocenters. The number of phenolic OH excluding ortho intramolecular Hbond substituents is 2. The first-order chi connectivity index (χ1) is 15.5. The molecule has 0 heterocycles. The van der Waals surface area contributed by atoms with Gasteiger partial charge in [0.25, 0.3) is 0 Å². The predicted octanol–water partition coefficient (Wildman–Crippen LogP) is 5.25. The zero-order chi connectivity index (χ0) is 22.2. The van der Waals surface area contributed by atoms with Gasteiger partial charge in [-0.15, -0.1) is 0 Å². The lowest BCUT2D eigenvalue weighted by Crippen LogP contribution is -2.26. The molecular weight excluding hydrogens is 400 g/mol. The molecule has 0 bridgehead atoms. The maximum Gasteiger partial charge on any atom is 0.201 e. The first kappa shape index (κ1) is 19.8. The van der Waals surface area contributed by atoms with Crippen LogP contribution in [0, 0.1) is 0 Å². The normalized spacial score (nSPS) is 12.8. The van der Waals surface area contributed by atoms with Gasteiger partial charge in [0, 0.05) is 6.42 Å². The Balaban J connectivity index is 1.52. The van der Waals surface area contributed by atoms with Crippen molar-refractivity contribution in [3.05, 3.63) is 119 Å². The maximum atomic E-state index is 13.5. The molecule has 0 atom stereocenters. The summed E-state index contributed by atoms with van der Waals surface area (Å²) in [5.74, 6) is -1.70. The monoisotopic (exact) mass is 420 g/mol. The van der Waals surface area contributed by atoms with Crippen LogP contribution in [0.1, 0.15) is 38.5 Å². The van der Waals surface area contributed by atoms with Crippen LogP contribution in [0.4, 0.5) is 0 Å². The van der Waals surface area contributed by atoms with Crippen molar-refractivity contribution in [2.24, 2.45) is 0 Å². The molecule has 0 fully saturated rings. The Morgan fingerprint density at radius 2 is 1.19 bits per heavy atom. The topological polar surface area (TPSA) is 74.6 Å². The van der Waals surface area contributed by atoms with Gasteiger partial charge in [-0.05, 0) is 39.9 Å². The number of carbonyl (C=O) groups excluding carboxylic acids is 2. The lowest BCUT2D eigenvalue weighted by atomic mass is 9.74. The molecule has 0 amide bonds. The van der Waals surface area contributed by atoms with E-state index in [1.54, 1.807) is 24.3 Å². The van der Waals surface area contributed by atoms with Gasteiger partial charge in [-0.1, -0.05) is 78.9 Å². The standard InChI is InChI=1S/C28H20O4/c29-22-10-4-8-20-25(21-9-5-11-23(30)27(21)28(32)26(20)22)24(31)16-17-12-14-19(15-13-17)18-6-2-1-3-7-18/h1-15,25,29-30H,16H2. The molecule has 4 heteroatoms. The van der Waals surface area contributed by atoms with Gasteiger partial charge in [-0.3, -0.25) is 9.59 Å². The third kappa shape index (κ3) is 3.26. The molecule has 156 valence electrons. The Morgan fingerprint density at radius 3 is 1.75 bits per heavy atom. The number of rotatable bonds is 4. The Morgan fingerprint density at radius 1 is 0.656 bits per heavy atom. The third-order valence-corrected chi connectivity index (χ3v) is 5.99. The van der Waals surface area contributed by atoms with Gasteiger partial charge in [0.1, 0.15) is 17.3 Å². The number of benzene rings is 4. The molecule has 4 nitrogen and oxygen atoms in total. The Hall–Kier alpha value is -4.18. The van der Waals surface area contributed by atoms with E-state index in [0.717, 1.165) is 16.7 Å². The molecule has 0 aliphatic heterocycles. The summed E-state index contributed by atoms with van der Waals surface area (Å²) >= 11 is 0. The van der Waals surface area contributed by atoms with Gasteiger partial charge in [-0.25, -0.2) is 0 Å². The fourth-order valence-corrected chi connectivity index (χ4v) is 4.48. The van der Waals surface area contributed by atoms with E-state index in [4.69, 9.17) is 0 Å². The van der Waals surface area contributed by atoms with E-state index in [2.05, 4.69) is 0 Å². The minimum Gasteiger partial charge on any atom is -0.507 e. The Bertz CT molecular complexity index is 1280. The van der Waals surface area contributed by atoms with Crippen LogP contribution in [0.5, 0.6) is 11.5 Å². The van der Waals surface area contributed by atoms with Gasteiger partial charge >= 0.3 is 0 Å². The van der Waals surface area contributed by atoms with E-state index in [0.29, 0.717) is 11.1 Å². The molecule has 4 aromatic carbocycles. The van der Waals surface area contributed by atoms with Crippen LogP contribution >= 0.6 is 0 Å². The minimum atomic E-state index is -0.745. The third-order valence-electron chi connectivity index (χ3n) is 5.99. The fourth-order valence-electron chi connectivity index (χ4n) is 4.48. The summed E-state index contributed by atoms with van der Waals surface area (Å²) in [5.41, 5.74) is 4.13. The van der Waals surface area contributed by atoms with E-state index in [-0.39, 0.29) is 34.8 Å². The predicted molar refractivity (Wildman–Crippen MR) is 122 cm³/mol. The minimum absolute atomic E-state index is 0.0827. The highest BCUT2D eigenvalue weighted by atomic mass is 16.3. The van der Waals surface area contributed by atoms with Crippen molar-refractivity contribution in [3.8, 4) is 22.6 Å². The van der Waals surface area contributed by atoms with Crippen molar-refractivity contribution in [1.82, 2.24) is 0 Å². The summed E-state index contributed by atoms with van der Waals surface area (Å²) in [4.78, 5) is 26.5. The van der Waals surface area contributed by atoms with Gasteiger partial charge in [-0.2, -0.15) is 0 Å². The highest BCUT2D eigenvalue weighted by molar-refractivity contribution is 6.18. The lowest BCUT2D eigenvalue weighted by molar-refractivity contribution is -0.119. The van der Waals surface area contributed by atoms with E-state index in [1.165, 1.54) is 12.1 Å². The second-order valence-electron chi connectivity index (χ2n) is 7.95. The molecule has 1 aliphatic carbocycles. The summed E-state index contributed by atoms with van der Waals surface area (Å²) in [6.07, 6.45) is 0.165. The zero-order valence-corrected chi connectivity index (χ0v) is 17.2. The molecule has 2 N–H and O–H groups in total. The average Bonchev–Trinajstić information content (AvgIpc) is 2.80. The van der Waals surface area contributed by atoms with E-state index in [9.17, 15) is 19.8 Å². The van der Waals surface area contributed by atoms with Crippen LogP contribution in [0.2, 0.25) is 0 Å². The zero-order valence-electron chi connectivity index (χ0n) is 17.2. The van der Waals surface area contributed by atoms with Crippen LogP contribution in [0.3, 0.4) is 0 Å². The number of ketones is 2. The second-order valence-corrected chi connectivity index (χ2v) is 7.95. The van der Waals surface area contributed by atoms with Crippen LogP contribution in [-0.4, -0.2) is 21.8 Å². The SMILES string of the molecule is O=C1c2c(O)cccc2C(C(=O)Cc2ccc(-c3ccccc3)cc2)c2cccc(O)c21. The molecule has 32 heavy (non-hydrogen) atoms.